The average Bonchev–Trinajstić information content (AvgIpc) is 2.83. The van der Waals surface area contributed by atoms with E-state index in [9.17, 15) is 14.4 Å². The van der Waals surface area contributed by atoms with Crippen molar-refractivity contribution in [3.63, 3.8) is 0 Å². The van der Waals surface area contributed by atoms with Crippen LogP contribution in [0.5, 0.6) is 5.88 Å². The molecule has 3 aromatic rings. The van der Waals surface area contributed by atoms with Gasteiger partial charge in [-0.15, -0.1) is 0 Å². The number of carbonyl (C=O) groups is 3. The molecule has 8 heteroatoms. The van der Waals surface area contributed by atoms with Gasteiger partial charge in [-0.05, 0) is 47.5 Å². The lowest BCUT2D eigenvalue weighted by atomic mass is 9.92. The number of ether oxygens (including phenoxy) is 1. The van der Waals surface area contributed by atoms with Gasteiger partial charge in [0.2, 0.25) is 11.7 Å². The number of hydrogen-bond acceptors (Lipinski definition) is 5. The number of pyridine rings is 1. The molecule has 0 bridgehead atoms. The van der Waals surface area contributed by atoms with Gasteiger partial charge in [0.05, 0.1) is 18.4 Å². The normalized spacial score (nSPS) is 14.3. The topological polar surface area (TPSA) is 88.6 Å². The van der Waals surface area contributed by atoms with Gasteiger partial charge in [0.15, 0.2) is 0 Å². The quantitative estimate of drug-likeness (QED) is 0.459. The molecule has 0 spiro atoms. The number of anilines is 1. The van der Waals surface area contributed by atoms with E-state index in [0.717, 1.165) is 5.56 Å². The minimum Gasteiger partial charge on any atom is -0.481 e. The zero-order chi connectivity index (χ0) is 23.5. The van der Waals surface area contributed by atoms with Crippen molar-refractivity contribution in [1.82, 2.24) is 10.3 Å². The third-order valence-corrected chi connectivity index (χ3v) is 5.50. The van der Waals surface area contributed by atoms with E-state index in [1.807, 2.05) is 0 Å². The van der Waals surface area contributed by atoms with Crippen LogP contribution in [0.3, 0.4) is 0 Å². The summed E-state index contributed by atoms with van der Waals surface area (Å²) in [7, 11) is 3.12. The number of rotatable bonds is 5. The van der Waals surface area contributed by atoms with Crippen LogP contribution < -0.4 is 15.0 Å². The average molecular weight is 462 g/mol. The van der Waals surface area contributed by atoms with Crippen molar-refractivity contribution in [3.8, 4) is 5.88 Å². The molecule has 0 fully saturated rings. The maximum Gasteiger partial charge on any atom is 0.262 e. The van der Waals surface area contributed by atoms with Crippen LogP contribution >= 0.6 is 11.6 Å². The maximum absolute atomic E-state index is 13.2. The molecule has 1 aromatic heterocycles. The molecule has 166 valence electrons. The molecule has 1 N–H and O–H groups in total. The Hall–Kier alpha value is -3.97. The Morgan fingerprint density at radius 3 is 2.67 bits per heavy atom. The predicted octanol–water partition coefficient (Wildman–Crippen LogP) is 3.92. The smallest absolute Gasteiger partial charge is 0.262 e. The number of ketones is 1. The van der Waals surface area contributed by atoms with Crippen LogP contribution in [0.1, 0.15) is 31.8 Å². The van der Waals surface area contributed by atoms with Gasteiger partial charge < -0.3 is 15.0 Å². The summed E-state index contributed by atoms with van der Waals surface area (Å²) in [6.45, 7) is 0.263. The number of halogens is 1. The number of likely N-dealkylation sites (N-methyl/N-ethyl adjacent to an activating group) is 1. The van der Waals surface area contributed by atoms with Gasteiger partial charge in [-0.25, -0.2) is 4.98 Å². The van der Waals surface area contributed by atoms with Crippen LogP contribution in [0.2, 0.25) is 5.02 Å². The first-order valence-electron chi connectivity index (χ1n) is 10.1. The van der Waals surface area contributed by atoms with E-state index in [-0.39, 0.29) is 23.6 Å². The first-order chi connectivity index (χ1) is 15.9. The van der Waals surface area contributed by atoms with Crippen molar-refractivity contribution in [2.75, 3.05) is 19.1 Å². The lowest BCUT2D eigenvalue weighted by Crippen LogP contribution is -2.37. The number of hydrogen-bond donors (Lipinski definition) is 1. The lowest BCUT2D eigenvalue weighted by Gasteiger charge is -2.27. The molecule has 1 aliphatic heterocycles. The summed E-state index contributed by atoms with van der Waals surface area (Å²) >= 11 is 6.03. The van der Waals surface area contributed by atoms with E-state index in [1.165, 1.54) is 24.2 Å². The Morgan fingerprint density at radius 1 is 1.15 bits per heavy atom. The van der Waals surface area contributed by atoms with Crippen molar-refractivity contribution in [1.29, 1.82) is 0 Å². The molecular weight excluding hydrogens is 442 g/mol. The van der Waals surface area contributed by atoms with Gasteiger partial charge in [-0.1, -0.05) is 29.8 Å². The molecule has 2 amide bonds. The molecule has 2 heterocycles. The van der Waals surface area contributed by atoms with Gasteiger partial charge in [0, 0.05) is 42.0 Å². The number of amides is 2. The second-order valence-electron chi connectivity index (χ2n) is 7.43. The number of aromatic nitrogens is 1. The predicted molar refractivity (Wildman–Crippen MR) is 126 cm³/mol. The number of nitrogens with one attached hydrogen (secondary N) is 1. The van der Waals surface area contributed by atoms with E-state index < -0.39 is 11.7 Å². The number of benzene rings is 2. The van der Waals surface area contributed by atoms with E-state index in [4.69, 9.17) is 16.3 Å². The fourth-order valence-corrected chi connectivity index (χ4v) is 3.69. The van der Waals surface area contributed by atoms with E-state index in [1.54, 1.807) is 61.8 Å². The van der Waals surface area contributed by atoms with Crippen LogP contribution in [0.4, 0.5) is 5.69 Å². The Labute approximate surface area is 195 Å². The van der Waals surface area contributed by atoms with Crippen LogP contribution in [0, 0.1) is 0 Å². The molecule has 0 radical (unpaired) electrons. The first kappa shape index (κ1) is 22.2. The highest BCUT2D eigenvalue weighted by atomic mass is 35.5. The Kier molecular flexibility index (Phi) is 6.24. The molecule has 33 heavy (non-hydrogen) atoms. The Balaban J connectivity index is 1.59. The van der Waals surface area contributed by atoms with Gasteiger partial charge in [0.1, 0.15) is 0 Å². The van der Waals surface area contributed by atoms with Crippen LogP contribution in [-0.4, -0.2) is 36.7 Å². The van der Waals surface area contributed by atoms with Crippen molar-refractivity contribution < 1.29 is 19.1 Å². The molecule has 0 unspecified atom stereocenters. The molecular formula is C25H20ClN3O4. The maximum atomic E-state index is 13.2. The van der Waals surface area contributed by atoms with E-state index >= 15 is 0 Å². The highest BCUT2D eigenvalue weighted by Gasteiger charge is 2.33. The van der Waals surface area contributed by atoms with Crippen LogP contribution in [-0.2, 0) is 11.3 Å². The number of carbonyl (C=O) groups excluding carboxylic acids is 3. The standard InChI is InChI=1S/C25H20ClN3O4/c1-29-21-8-7-17(24(31)28-14-16-6-9-22(33-2)27-13-16)12-19(21)23(30)20(25(29)32)11-15-4-3-5-18(26)10-15/h3-13H,14H2,1-2H3,(H,28,31)/b20-11-. The van der Waals surface area contributed by atoms with Gasteiger partial charge >= 0.3 is 0 Å². The number of nitrogens with zero attached hydrogens (tertiary/aromatic N) is 2. The molecule has 0 atom stereocenters. The van der Waals surface area contributed by atoms with E-state index in [2.05, 4.69) is 10.3 Å². The molecule has 1 aliphatic rings. The molecule has 0 saturated carbocycles. The minimum absolute atomic E-state index is 0.00846. The second-order valence-corrected chi connectivity index (χ2v) is 7.87. The molecule has 4 rings (SSSR count). The van der Waals surface area contributed by atoms with Crippen molar-refractivity contribution in [3.05, 3.63) is 93.6 Å². The molecule has 0 saturated heterocycles. The molecule has 2 aromatic carbocycles. The zero-order valence-corrected chi connectivity index (χ0v) is 18.7. The summed E-state index contributed by atoms with van der Waals surface area (Å²) in [4.78, 5) is 44.2. The van der Waals surface area contributed by atoms with Gasteiger partial charge in [-0.2, -0.15) is 0 Å². The third kappa shape index (κ3) is 4.63. The van der Waals surface area contributed by atoms with Gasteiger partial charge in [0.25, 0.3) is 11.8 Å². The Bertz CT molecular complexity index is 1290. The number of methoxy groups -OCH3 is 1. The summed E-state index contributed by atoms with van der Waals surface area (Å²) in [6.07, 6.45) is 3.13. The zero-order valence-electron chi connectivity index (χ0n) is 18.0. The summed E-state index contributed by atoms with van der Waals surface area (Å²) in [5.41, 5.74) is 2.49. The van der Waals surface area contributed by atoms with Crippen molar-refractivity contribution in [2.45, 2.75) is 6.54 Å². The second kappa shape index (κ2) is 9.26. The fourth-order valence-electron chi connectivity index (χ4n) is 3.49. The first-order valence-corrected chi connectivity index (χ1v) is 10.5. The third-order valence-electron chi connectivity index (χ3n) is 5.26. The largest absolute Gasteiger partial charge is 0.481 e. The van der Waals surface area contributed by atoms with Crippen LogP contribution in [0.25, 0.3) is 6.08 Å². The molecule has 0 aliphatic carbocycles. The van der Waals surface area contributed by atoms with Gasteiger partial charge in [-0.3, -0.25) is 14.4 Å². The number of Topliss-reactive ketones (excluding diaryl/α,β-unsaturated/α-hetero) is 1. The number of fused-ring (bicyclic) bond motifs is 1. The summed E-state index contributed by atoms with van der Waals surface area (Å²) < 4.78 is 5.03. The van der Waals surface area contributed by atoms with Crippen molar-refractivity contribution >= 4 is 41.0 Å². The summed E-state index contributed by atoms with van der Waals surface area (Å²) in [6, 6.07) is 15.1. The highest BCUT2D eigenvalue weighted by molar-refractivity contribution is 6.37. The fraction of sp³-hybridized carbons (Fsp3) is 0.120. The molecule has 7 nitrogen and oxygen atoms in total. The Morgan fingerprint density at radius 2 is 1.97 bits per heavy atom. The van der Waals surface area contributed by atoms with Crippen molar-refractivity contribution in [2.24, 2.45) is 0 Å². The minimum atomic E-state index is -0.443. The highest BCUT2D eigenvalue weighted by Crippen LogP contribution is 2.31. The van der Waals surface area contributed by atoms with Crippen LogP contribution in [0.15, 0.2) is 66.4 Å². The van der Waals surface area contributed by atoms with E-state index in [0.29, 0.717) is 27.7 Å². The monoisotopic (exact) mass is 461 g/mol. The lowest BCUT2D eigenvalue weighted by molar-refractivity contribution is -0.114. The summed E-state index contributed by atoms with van der Waals surface area (Å²) in [5.74, 6) is -0.723. The SMILES string of the molecule is COc1ccc(CNC(=O)c2ccc3c(c2)C(=O)/C(=C/c2cccc(Cl)c2)C(=O)N3C)cn1. The summed E-state index contributed by atoms with van der Waals surface area (Å²) in [5, 5.41) is 3.31.